The molecule has 2 rings (SSSR count). The molecule has 4 heteroatoms. The van der Waals surface area contributed by atoms with E-state index in [1.165, 1.54) is 18.9 Å². The van der Waals surface area contributed by atoms with Gasteiger partial charge in [-0.05, 0) is 61.0 Å². The second kappa shape index (κ2) is 6.41. The summed E-state index contributed by atoms with van der Waals surface area (Å²) in [4.78, 5) is 2.64. The van der Waals surface area contributed by atoms with E-state index in [4.69, 9.17) is 18.0 Å². The van der Waals surface area contributed by atoms with Crippen molar-refractivity contribution < 1.29 is 4.39 Å². The smallest absolute Gasteiger partial charge is 0.124 e. The van der Waals surface area contributed by atoms with Gasteiger partial charge in [-0.25, -0.2) is 4.39 Å². The van der Waals surface area contributed by atoms with E-state index in [0.29, 0.717) is 11.0 Å². The van der Waals surface area contributed by atoms with Gasteiger partial charge in [0, 0.05) is 12.1 Å². The highest BCUT2D eigenvalue weighted by Crippen LogP contribution is 2.34. The summed E-state index contributed by atoms with van der Waals surface area (Å²) in [5, 5.41) is 0. The summed E-state index contributed by atoms with van der Waals surface area (Å²) in [7, 11) is 0. The third kappa shape index (κ3) is 4.48. The first-order valence-corrected chi connectivity index (χ1v) is 7.98. The minimum Gasteiger partial charge on any atom is -0.389 e. The molecule has 0 bridgehead atoms. The Bertz CT molecular complexity index is 514. The highest BCUT2D eigenvalue weighted by molar-refractivity contribution is 7.80. The summed E-state index contributed by atoms with van der Waals surface area (Å²) in [6.07, 6.45) is 2.42. The summed E-state index contributed by atoms with van der Waals surface area (Å²) < 4.78 is 13.6. The zero-order chi connectivity index (χ0) is 15.6. The van der Waals surface area contributed by atoms with Crippen LogP contribution in [0.4, 0.5) is 4.39 Å². The molecular weight excluding hydrogens is 283 g/mol. The van der Waals surface area contributed by atoms with E-state index < -0.39 is 0 Å². The minimum absolute atomic E-state index is 0.252. The third-order valence-corrected chi connectivity index (χ3v) is 4.70. The molecule has 116 valence electrons. The van der Waals surface area contributed by atoms with Crippen LogP contribution in [-0.4, -0.2) is 23.0 Å². The lowest BCUT2D eigenvalue weighted by atomic mass is 9.75. The Balaban J connectivity index is 1.99. The number of piperidine rings is 1. The molecule has 1 aromatic carbocycles. The van der Waals surface area contributed by atoms with Gasteiger partial charge in [-0.3, -0.25) is 4.90 Å². The number of nitrogens with two attached hydrogens (primary N) is 1. The molecular formula is C17H25FN2S. The molecule has 2 N–H and O–H groups in total. The van der Waals surface area contributed by atoms with E-state index in [9.17, 15) is 4.39 Å². The fourth-order valence-electron chi connectivity index (χ4n) is 3.10. The van der Waals surface area contributed by atoms with Crippen molar-refractivity contribution in [3.05, 3.63) is 35.1 Å². The maximum absolute atomic E-state index is 13.6. The zero-order valence-electron chi connectivity index (χ0n) is 13.2. The van der Waals surface area contributed by atoms with Crippen molar-refractivity contribution in [2.75, 3.05) is 13.1 Å². The fourth-order valence-corrected chi connectivity index (χ4v) is 3.22. The predicted octanol–water partition coefficient (Wildman–Crippen LogP) is 3.72. The number of nitrogens with zero attached hydrogens (tertiary/aromatic N) is 1. The Morgan fingerprint density at radius 3 is 2.43 bits per heavy atom. The van der Waals surface area contributed by atoms with Gasteiger partial charge in [0.1, 0.15) is 10.8 Å². The van der Waals surface area contributed by atoms with Crippen molar-refractivity contribution in [3.8, 4) is 0 Å². The Morgan fingerprint density at radius 1 is 1.29 bits per heavy atom. The minimum atomic E-state index is -0.264. The van der Waals surface area contributed by atoms with Crippen LogP contribution in [0, 0.1) is 17.2 Å². The second-order valence-corrected chi connectivity index (χ2v) is 7.57. The first-order chi connectivity index (χ1) is 9.75. The summed E-state index contributed by atoms with van der Waals surface area (Å²) >= 11 is 4.94. The van der Waals surface area contributed by atoms with Gasteiger partial charge in [0.25, 0.3) is 0 Å². The Labute approximate surface area is 132 Å². The number of benzene rings is 1. The van der Waals surface area contributed by atoms with Gasteiger partial charge in [0.2, 0.25) is 0 Å². The lowest BCUT2D eigenvalue weighted by molar-refractivity contribution is 0.108. The standard InChI is InChI=1S/C17H25FN2S/c1-17(2,3)14-4-6-20(7-5-14)11-12-8-13(16(19)21)10-15(18)9-12/h8-10,14H,4-7,11H2,1-3H3,(H2,19,21). The average Bonchev–Trinajstić information content (AvgIpc) is 2.37. The largest absolute Gasteiger partial charge is 0.389 e. The maximum atomic E-state index is 13.6. The van der Waals surface area contributed by atoms with Crippen molar-refractivity contribution in [2.24, 2.45) is 17.1 Å². The van der Waals surface area contributed by atoms with Gasteiger partial charge in [-0.2, -0.15) is 0 Å². The Morgan fingerprint density at radius 2 is 1.90 bits per heavy atom. The molecule has 1 aliphatic heterocycles. The van der Waals surface area contributed by atoms with Crippen molar-refractivity contribution in [1.29, 1.82) is 0 Å². The highest BCUT2D eigenvalue weighted by Gasteiger charge is 2.28. The van der Waals surface area contributed by atoms with Crippen molar-refractivity contribution in [2.45, 2.75) is 40.2 Å². The van der Waals surface area contributed by atoms with Crippen LogP contribution in [0.25, 0.3) is 0 Å². The zero-order valence-corrected chi connectivity index (χ0v) is 14.0. The van der Waals surface area contributed by atoms with Crippen LogP contribution >= 0.6 is 12.2 Å². The molecule has 0 unspecified atom stereocenters. The van der Waals surface area contributed by atoms with Crippen molar-refractivity contribution >= 4 is 17.2 Å². The van der Waals surface area contributed by atoms with E-state index in [2.05, 4.69) is 25.7 Å². The van der Waals surface area contributed by atoms with E-state index in [1.807, 2.05) is 6.07 Å². The van der Waals surface area contributed by atoms with Gasteiger partial charge < -0.3 is 5.73 Å². The molecule has 21 heavy (non-hydrogen) atoms. The SMILES string of the molecule is CC(C)(C)C1CCN(Cc2cc(F)cc(C(N)=S)c2)CC1. The number of halogens is 1. The van der Waals surface area contributed by atoms with Crippen LogP contribution < -0.4 is 5.73 Å². The molecule has 1 aromatic rings. The first kappa shape index (κ1) is 16.4. The quantitative estimate of drug-likeness (QED) is 0.863. The molecule has 0 aliphatic carbocycles. The molecule has 1 aliphatic rings. The summed E-state index contributed by atoms with van der Waals surface area (Å²) in [6, 6.07) is 4.89. The molecule has 1 heterocycles. The van der Waals surface area contributed by atoms with Crippen LogP contribution in [0.1, 0.15) is 44.7 Å². The molecule has 1 saturated heterocycles. The number of hydrogen-bond acceptors (Lipinski definition) is 2. The van der Waals surface area contributed by atoms with Gasteiger partial charge in [-0.1, -0.05) is 33.0 Å². The Kier molecular flexibility index (Phi) is 4.99. The monoisotopic (exact) mass is 308 g/mol. The van der Waals surface area contributed by atoms with Crippen LogP contribution in [0.15, 0.2) is 18.2 Å². The number of thiocarbonyl (C=S) groups is 1. The molecule has 2 nitrogen and oxygen atoms in total. The topological polar surface area (TPSA) is 29.3 Å². The number of likely N-dealkylation sites (tertiary alicyclic amines) is 1. The summed E-state index contributed by atoms with van der Waals surface area (Å²) in [5.74, 6) is 0.508. The molecule has 0 saturated carbocycles. The first-order valence-electron chi connectivity index (χ1n) is 7.57. The molecule has 0 atom stereocenters. The van der Waals surface area contributed by atoms with Gasteiger partial charge in [-0.15, -0.1) is 0 Å². The van der Waals surface area contributed by atoms with Crippen molar-refractivity contribution in [3.63, 3.8) is 0 Å². The van der Waals surface area contributed by atoms with Crippen LogP contribution in [0.3, 0.4) is 0 Å². The van der Waals surface area contributed by atoms with Crippen LogP contribution in [-0.2, 0) is 6.54 Å². The van der Waals surface area contributed by atoms with E-state index in [0.717, 1.165) is 31.1 Å². The maximum Gasteiger partial charge on any atom is 0.124 e. The Hall–Kier alpha value is -1.00. The van der Waals surface area contributed by atoms with E-state index in [-0.39, 0.29) is 10.8 Å². The molecule has 1 fully saturated rings. The van der Waals surface area contributed by atoms with Gasteiger partial charge in [0.15, 0.2) is 0 Å². The highest BCUT2D eigenvalue weighted by atomic mass is 32.1. The van der Waals surface area contributed by atoms with Crippen LogP contribution in [0.2, 0.25) is 0 Å². The molecule has 0 aromatic heterocycles. The normalized spacial score (nSPS) is 17.9. The van der Waals surface area contributed by atoms with Crippen LogP contribution in [0.5, 0.6) is 0 Å². The fraction of sp³-hybridized carbons (Fsp3) is 0.588. The molecule has 0 radical (unpaired) electrons. The summed E-state index contributed by atoms with van der Waals surface area (Å²) in [6.45, 7) is 9.85. The predicted molar refractivity (Wildman–Crippen MR) is 89.7 cm³/mol. The summed E-state index contributed by atoms with van der Waals surface area (Å²) in [5.41, 5.74) is 7.55. The lowest BCUT2D eigenvalue weighted by Gasteiger charge is -2.38. The van der Waals surface area contributed by atoms with Gasteiger partial charge >= 0.3 is 0 Å². The molecule has 0 amide bonds. The van der Waals surface area contributed by atoms with E-state index >= 15 is 0 Å². The average molecular weight is 308 g/mol. The lowest BCUT2D eigenvalue weighted by Crippen LogP contribution is -2.37. The van der Waals surface area contributed by atoms with E-state index in [1.54, 1.807) is 6.07 Å². The number of rotatable bonds is 3. The molecule has 0 spiro atoms. The number of hydrogen-bond donors (Lipinski definition) is 1. The third-order valence-electron chi connectivity index (χ3n) is 4.46. The van der Waals surface area contributed by atoms with Gasteiger partial charge in [0.05, 0.1) is 0 Å². The van der Waals surface area contributed by atoms with Crippen molar-refractivity contribution in [1.82, 2.24) is 4.90 Å². The second-order valence-electron chi connectivity index (χ2n) is 7.13.